The highest BCUT2D eigenvalue weighted by Gasteiger charge is 2.26. The van der Waals surface area contributed by atoms with E-state index in [1.165, 1.54) is 0 Å². The zero-order valence-electron chi connectivity index (χ0n) is 13.5. The number of rotatable bonds is 5. The number of aromatic nitrogens is 2. The molecule has 1 aromatic heterocycles. The summed E-state index contributed by atoms with van der Waals surface area (Å²) >= 11 is 0. The summed E-state index contributed by atoms with van der Waals surface area (Å²) in [4.78, 5) is 16.9. The van der Waals surface area contributed by atoms with E-state index in [0.29, 0.717) is 12.2 Å². The van der Waals surface area contributed by atoms with E-state index in [9.17, 15) is 15.0 Å². The molecule has 0 spiro atoms. The summed E-state index contributed by atoms with van der Waals surface area (Å²) < 4.78 is 1.80. The van der Waals surface area contributed by atoms with Crippen molar-refractivity contribution in [2.75, 3.05) is 0 Å². The van der Waals surface area contributed by atoms with Gasteiger partial charge < -0.3 is 14.8 Å². The number of para-hydroxylation sites is 2. The van der Waals surface area contributed by atoms with Crippen LogP contribution in [-0.2, 0) is 11.3 Å². The number of aliphatic hydroxyl groups is 2. The Morgan fingerprint density at radius 1 is 1.35 bits per heavy atom. The lowest BCUT2D eigenvalue weighted by atomic mass is 9.83. The van der Waals surface area contributed by atoms with E-state index in [-0.39, 0.29) is 24.3 Å². The number of Topliss-reactive ketones (excluding diaryl/α,β-unsaturated/α-hetero) is 1. The number of carbonyl (C=O) groups is 1. The maximum absolute atomic E-state index is 12.5. The summed E-state index contributed by atoms with van der Waals surface area (Å²) in [5.41, 5.74) is 1.65. The summed E-state index contributed by atoms with van der Waals surface area (Å²) in [6.45, 7) is 1.86. The van der Waals surface area contributed by atoms with Crippen LogP contribution in [0.4, 0.5) is 0 Å². The summed E-state index contributed by atoms with van der Waals surface area (Å²) in [7, 11) is 0. The van der Waals surface area contributed by atoms with E-state index in [1.807, 2.05) is 24.3 Å². The molecule has 5 heteroatoms. The van der Waals surface area contributed by atoms with Crippen molar-refractivity contribution in [3.63, 3.8) is 0 Å². The lowest BCUT2D eigenvalue weighted by Gasteiger charge is -2.27. The Bertz CT molecular complexity index is 693. The monoisotopic (exact) mass is 316 g/mol. The Balaban J connectivity index is 1.80. The minimum absolute atomic E-state index is 0.0704. The summed E-state index contributed by atoms with van der Waals surface area (Å²) in [5, 5.41) is 20.0. The van der Waals surface area contributed by atoms with Crippen molar-refractivity contribution in [1.29, 1.82) is 0 Å². The van der Waals surface area contributed by atoms with Gasteiger partial charge in [-0.05, 0) is 37.8 Å². The quantitative estimate of drug-likeness (QED) is 0.889. The molecule has 23 heavy (non-hydrogen) atoms. The average molecular weight is 316 g/mol. The highest BCUT2D eigenvalue weighted by Crippen LogP contribution is 2.28. The van der Waals surface area contributed by atoms with Crippen LogP contribution in [0, 0.1) is 5.92 Å². The molecular weight excluding hydrogens is 292 g/mol. The fourth-order valence-corrected chi connectivity index (χ4v) is 3.54. The lowest BCUT2D eigenvalue weighted by molar-refractivity contribution is -0.122. The molecule has 0 bridgehead atoms. The average Bonchev–Trinajstić information content (AvgIpc) is 2.89. The number of imidazole rings is 1. The van der Waals surface area contributed by atoms with Crippen molar-refractivity contribution < 1.29 is 15.0 Å². The zero-order chi connectivity index (χ0) is 16.4. The molecule has 1 aliphatic carbocycles. The highest BCUT2D eigenvalue weighted by molar-refractivity contribution is 5.82. The first-order valence-corrected chi connectivity index (χ1v) is 8.39. The molecule has 0 aliphatic heterocycles. The number of carbonyl (C=O) groups excluding carboxylic acids is 1. The molecule has 1 heterocycles. The first-order valence-electron chi connectivity index (χ1n) is 8.39. The predicted molar refractivity (Wildman–Crippen MR) is 88.0 cm³/mol. The minimum atomic E-state index is -0.726. The molecule has 0 amide bonds. The third-order valence-electron chi connectivity index (χ3n) is 4.75. The van der Waals surface area contributed by atoms with Crippen LogP contribution < -0.4 is 0 Å². The summed E-state index contributed by atoms with van der Waals surface area (Å²) in [6.07, 6.45) is 3.16. The topological polar surface area (TPSA) is 75.4 Å². The SMILES string of the molecule is C[C@H](O)c1nc2ccccc2n1CC(=O)C[C@H]1CCCC[C@@H]1O. The Kier molecular flexibility index (Phi) is 4.78. The van der Waals surface area contributed by atoms with E-state index in [2.05, 4.69) is 4.98 Å². The number of aliphatic hydroxyl groups excluding tert-OH is 2. The van der Waals surface area contributed by atoms with Gasteiger partial charge in [-0.1, -0.05) is 25.0 Å². The zero-order valence-corrected chi connectivity index (χ0v) is 13.5. The van der Waals surface area contributed by atoms with Crippen molar-refractivity contribution in [3.05, 3.63) is 30.1 Å². The van der Waals surface area contributed by atoms with Crippen LogP contribution in [0.2, 0.25) is 0 Å². The van der Waals surface area contributed by atoms with Crippen LogP contribution in [0.5, 0.6) is 0 Å². The van der Waals surface area contributed by atoms with E-state index < -0.39 is 6.10 Å². The number of benzene rings is 1. The van der Waals surface area contributed by atoms with Gasteiger partial charge in [-0.2, -0.15) is 0 Å². The molecule has 0 radical (unpaired) electrons. The third kappa shape index (κ3) is 3.46. The number of hydrogen-bond donors (Lipinski definition) is 2. The first kappa shape index (κ1) is 16.1. The summed E-state index contributed by atoms with van der Waals surface area (Å²) in [5.74, 6) is 0.672. The first-order chi connectivity index (χ1) is 11.1. The van der Waals surface area contributed by atoms with Gasteiger partial charge in [0.15, 0.2) is 5.78 Å². The normalized spacial score (nSPS) is 23.1. The molecule has 2 N–H and O–H groups in total. The van der Waals surface area contributed by atoms with Crippen LogP contribution in [0.25, 0.3) is 11.0 Å². The van der Waals surface area contributed by atoms with Crippen LogP contribution in [0.3, 0.4) is 0 Å². The maximum Gasteiger partial charge on any atom is 0.152 e. The standard InChI is InChI=1S/C18H24N2O3/c1-12(21)18-19-15-7-3-4-8-16(15)20(18)11-14(22)10-13-6-2-5-9-17(13)23/h3-4,7-8,12-13,17,21,23H,2,5-6,9-11H2,1H3/t12-,13+,17-/m0/s1. The number of hydrogen-bond acceptors (Lipinski definition) is 4. The van der Waals surface area contributed by atoms with Gasteiger partial charge in [-0.25, -0.2) is 4.98 Å². The fraction of sp³-hybridized carbons (Fsp3) is 0.556. The van der Waals surface area contributed by atoms with Gasteiger partial charge in [0.05, 0.1) is 23.7 Å². The number of fused-ring (bicyclic) bond motifs is 1. The molecule has 1 fully saturated rings. The van der Waals surface area contributed by atoms with Gasteiger partial charge in [0.1, 0.15) is 11.9 Å². The second kappa shape index (κ2) is 6.81. The molecule has 2 aromatic rings. The second-order valence-electron chi connectivity index (χ2n) is 6.58. The lowest BCUT2D eigenvalue weighted by Crippen LogP contribution is -2.28. The van der Waals surface area contributed by atoms with Crippen LogP contribution in [0.1, 0.15) is 51.0 Å². The van der Waals surface area contributed by atoms with Crippen LogP contribution in [0.15, 0.2) is 24.3 Å². The van der Waals surface area contributed by atoms with Crippen molar-refractivity contribution in [1.82, 2.24) is 9.55 Å². The molecule has 0 unspecified atom stereocenters. The van der Waals surface area contributed by atoms with Gasteiger partial charge in [0.25, 0.3) is 0 Å². The second-order valence-corrected chi connectivity index (χ2v) is 6.58. The molecule has 0 saturated heterocycles. The Morgan fingerprint density at radius 3 is 2.83 bits per heavy atom. The third-order valence-corrected chi connectivity index (χ3v) is 4.75. The van der Waals surface area contributed by atoms with Crippen LogP contribution >= 0.6 is 0 Å². The van der Waals surface area contributed by atoms with E-state index in [1.54, 1.807) is 11.5 Å². The minimum Gasteiger partial charge on any atom is -0.393 e. The Labute approximate surface area is 136 Å². The maximum atomic E-state index is 12.5. The van der Waals surface area contributed by atoms with E-state index in [0.717, 1.165) is 36.7 Å². The molecule has 1 aromatic carbocycles. The van der Waals surface area contributed by atoms with Gasteiger partial charge in [0, 0.05) is 6.42 Å². The molecule has 5 nitrogen and oxygen atoms in total. The largest absolute Gasteiger partial charge is 0.393 e. The van der Waals surface area contributed by atoms with Crippen molar-refractivity contribution in [3.8, 4) is 0 Å². The predicted octanol–water partition coefficient (Wildman–Crippen LogP) is 2.60. The fourth-order valence-electron chi connectivity index (χ4n) is 3.54. The van der Waals surface area contributed by atoms with E-state index in [4.69, 9.17) is 0 Å². The van der Waals surface area contributed by atoms with Gasteiger partial charge in [-0.3, -0.25) is 4.79 Å². The molecule has 1 aliphatic rings. The Hall–Kier alpha value is -1.72. The van der Waals surface area contributed by atoms with Crippen molar-refractivity contribution in [2.45, 2.75) is 57.8 Å². The van der Waals surface area contributed by atoms with Gasteiger partial charge >= 0.3 is 0 Å². The molecule has 124 valence electrons. The van der Waals surface area contributed by atoms with Crippen molar-refractivity contribution in [2.24, 2.45) is 5.92 Å². The molecule has 3 rings (SSSR count). The highest BCUT2D eigenvalue weighted by atomic mass is 16.3. The molecular formula is C18H24N2O3. The van der Waals surface area contributed by atoms with E-state index >= 15 is 0 Å². The molecule has 1 saturated carbocycles. The van der Waals surface area contributed by atoms with Gasteiger partial charge in [0.2, 0.25) is 0 Å². The number of ketones is 1. The Morgan fingerprint density at radius 2 is 2.09 bits per heavy atom. The molecule has 3 atom stereocenters. The smallest absolute Gasteiger partial charge is 0.152 e. The summed E-state index contributed by atoms with van der Waals surface area (Å²) in [6, 6.07) is 7.59. The van der Waals surface area contributed by atoms with Crippen LogP contribution in [-0.4, -0.2) is 31.7 Å². The van der Waals surface area contributed by atoms with Gasteiger partial charge in [-0.15, -0.1) is 0 Å². The van der Waals surface area contributed by atoms with Crippen molar-refractivity contribution >= 4 is 16.8 Å². The number of nitrogens with zero attached hydrogens (tertiary/aromatic N) is 2.